The van der Waals surface area contributed by atoms with Crippen LogP contribution in [-0.2, 0) is 0 Å². The minimum atomic E-state index is 0.575. The van der Waals surface area contributed by atoms with Crippen LogP contribution in [0.5, 0.6) is 0 Å². The number of hydrogen-bond acceptors (Lipinski definition) is 6. The Hall–Kier alpha value is -9.26. The van der Waals surface area contributed by atoms with Crippen molar-refractivity contribution in [1.29, 1.82) is 0 Å². The summed E-state index contributed by atoms with van der Waals surface area (Å²) in [5.74, 6) is 2.46. The van der Waals surface area contributed by atoms with Gasteiger partial charge in [-0.05, 0) is 61.6 Å². The molecule has 13 rings (SSSR count). The van der Waals surface area contributed by atoms with Gasteiger partial charge in [0.25, 0.3) is 0 Å². The number of rotatable bonds is 7. The Balaban J connectivity index is 0.993. The highest BCUT2D eigenvalue weighted by molar-refractivity contribution is 6.22. The summed E-state index contributed by atoms with van der Waals surface area (Å²) in [5, 5.41) is 9.97. The van der Waals surface area contributed by atoms with E-state index < -0.39 is 0 Å². The Morgan fingerprint density at radius 3 is 1.32 bits per heavy atom. The van der Waals surface area contributed by atoms with Gasteiger partial charge >= 0.3 is 0 Å². The van der Waals surface area contributed by atoms with Gasteiger partial charge in [-0.25, -0.2) is 29.9 Å². The molecular formula is C62H38N6. The minimum Gasteiger partial charge on any atom is -0.244 e. The van der Waals surface area contributed by atoms with Crippen LogP contribution in [0.2, 0.25) is 0 Å². The molecule has 0 fully saturated rings. The fourth-order valence-electron chi connectivity index (χ4n) is 9.76. The van der Waals surface area contributed by atoms with E-state index in [2.05, 4.69) is 158 Å². The first-order chi connectivity index (χ1) is 33.7. The van der Waals surface area contributed by atoms with Crippen molar-refractivity contribution in [1.82, 2.24) is 29.9 Å². The molecule has 68 heavy (non-hydrogen) atoms. The van der Waals surface area contributed by atoms with Gasteiger partial charge in [0.2, 0.25) is 0 Å². The Morgan fingerprint density at radius 1 is 0.235 bits per heavy atom. The second-order valence-electron chi connectivity index (χ2n) is 17.0. The summed E-state index contributed by atoms with van der Waals surface area (Å²) < 4.78 is 0. The first-order valence-electron chi connectivity index (χ1n) is 22.8. The first kappa shape index (κ1) is 39.1. The topological polar surface area (TPSA) is 77.3 Å². The lowest BCUT2D eigenvalue weighted by Crippen LogP contribution is -2.01. The molecule has 0 aliphatic carbocycles. The molecule has 13 aromatic rings. The molecule has 316 valence electrons. The molecule has 0 amide bonds. The molecule has 3 aromatic heterocycles. The fourth-order valence-corrected chi connectivity index (χ4v) is 9.76. The van der Waals surface area contributed by atoms with E-state index in [-0.39, 0.29) is 0 Å². The summed E-state index contributed by atoms with van der Waals surface area (Å²) in [6, 6.07) is 80.0. The van der Waals surface area contributed by atoms with E-state index in [0.29, 0.717) is 23.3 Å². The van der Waals surface area contributed by atoms with Crippen LogP contribution in [0, 0.1) is 0 Å². The number of fused-ring (bicyclic) bond motifs is 7. The third-order valence-corrected chi connectivity index (χ3v) is 13.0. The maximum Gasteiger partial charge on any atom is 0.179 e. The molecule has 10 aromatic carbocycles. The molecule has 0 saturated heterocycles. The molecule has 0 aliphatic heterocycles. The van der Waals surface area contributed by atoms with Gasteiger partial charge < -0.3 is 0 Å². The van der Waals surface area contributed by atoms with E-state index in [4.69, 9.17) is 29.9 Å². The van der Waals surface area contributed by atoms with Gasteiger partial charge in [-0.3, -0.25) is 0 Å². The number of hydrogen-bond donors (Lipinski definition) is 0. The summed E-state index contributed by atoms with van der Waals surface area (Å²) in [6.45, 7) is 0. The Morgan fingerprint density at radius 2 is 0.691 bits per heavy atom. The fraction of sp³-hybridized carbons (Fsp3) is 0. The lowest BCUT2D eigenvalue weighted by Gasteiger charge is -2.17. The van der Waals surface area contributed by atoms with Crippen LogP contribution < -0.4 is 0 Å². The van der Waals surface area contributed by atoms with E-state index in [9.17, 15) is 0 Å². The van der Waals surface area contributed by atoms with Gasteiger partial charge in [-0.1, -0.05) is 212 Å². The molecule has 0 atom stereocenters. The molecule has 0 spiro atoms. The third kappa shape index (κ3) is 6.74. The van der Waals surface area contributed by atoms with Gasteiger partial charge in [-0.2, -0.15) is 0 Å². The van der Waals surface area contributed by atoms with Crippen molar-refractivity contribution in [2.45, 2.75) is 0 Å². The average molecular weight is 867 g/mol. The summed E-state index contributed by atoms with van der Waals surface area (Å²) in [4.78, 5) is 31.3. The maximum absolute atomic E-state index is 5.45. The molecule has 0 unspecified atom stereocenters. The summed E-state index contributed by atoms with van der Waals surface area (Å²) in [6.07, 6.45) is 0. The van der Waals surface area contributed by atoms with E-state index >= 15 is 0 Å². The quantitative estimate of drug-likeness (QED) is 0.149. The van der Waals surface area contributed by atoms with Crippen molar-refractivity contribution in [2.75, 3.05) is 0 Å². The first-order valence-corrected chi connectivity index (χ1v) is 22.8. The van der Waals surface area contributed by atoms with Gasteiger partial charge in [0.1, 0.15) is 5.69 Å². The normalized spacial score (nSPS) is 11.5. The van der Waals surface area contributed by atoms with Crippen LogP contribution in [0.1, 0.15) is 0 Å². The van der Waals surface area contributed by atoms with Crippen molar-refractivity contribution in [2.24, 2.45) is 0 Å². The second kappa shape index (κ2) is 16.3. The lowest BCUT2D eigenvalue weighted by atomic mass is 9.89. The van der Waals surface area contributed by atoms with Crippen LogP contribution >= 0.6 is 0 Å². The number of nitrogens with zero attached hydrogens (tertiary/aromatic N) is 6. The molecule has 3 heterocycles. The van der Waals surface area contributed by atoms with E-state index in [1.54, 1.807) is 0 Å². The second-order valence-corrected chi connectivity index (χ2v) is 17.0. The predicted molar refractivity (Wildman–Crippen MR) is 279 cm³/mol. The van der Waals surface area contributed by atoms with E-state index in [0.717, 1.165) is 99.2 Å². The number of aromatic nitrogens is 6. The zero-order chi connectivity index (χ0) is 45.0. The highest BCUT2D eigenvalue weighted by Gasteiger charge is 2.21. The zero-order valence-electron chi connectivity index (χ0n) is 36.6. The highest BCUT2D eigenvalue weighted by atomic mass is 15.0. The Bertz CT molecular complexity index is 4010. The van der Waals surface area contributed by atoms with Crippen molar-refractivity contribution >= 4 is 54.0 Å². The number of para-hydroxylation sites is 1. The smallest absolute Gasteiger partial charge is 0.179 e. The van der Waals surface area contributed by atoms with Crippen molar-refractivity contribution in [3.05, 3.63) is 231 Å². The number of benzene rings is 10. The predicted octanol–water partition coefficient (Wildman–Crippen LogP) is 15.5. The molecule has 0 radical (unpaired) electrons. The molecule has 0 bridgehead atoms. The molecule has 0 aliphatic rings. The van der Waals surface area contributed by atoms with Crippen LogP contribution in [-0.4, -0.2) is 29.9 Å². The van der Waals surface area contributed by atoms with Crippen LogP contribution in [0.15, 0.2) is 231 Å². The Labute approximate surface area is 392 Å². The minimum absolute atomic E-state index is 0.575. The highest BCUT2D eigenvalue weighted by Crippen LogP contribution is 2.42. The van der Waals surface area contributed by atoms with Gasteiger partial charge in [0.05, 0.1) is 16.9 Å². The summed E-state index contributed by atoms with van der Waals surface area (Å²) in [5.41, 5.74) is 10.3. The van der Waals surface area contributed by atoms with Crippen LogP contribution in [0.4, 0.5) is 0 Å². The molecule has 6 nitrogen and oxygen atoms in total. The van der Waals surface area contributed by atoms with Crippen molar-refractivity contribution in [3.63, 3.8) is 0 Å². The Kier molecular flexibility index (Phi) is 9.39. The third-order valence-electron chi connectivity index (χ3n) is 13.0. The largest absolute Gasteiger partial charge is 0.244 e. The van der Waals surface area contributed by atoms with Gasteiger partial charge in [0.15, 0.2) is 23.3 Å². The monoisotopic (exact) mass is 866 g/mol. The van der Waals surface area contributed by atoms with E-state index in [1.165, 1.54) is 10.8 Å². The maximum atomic E-state index is 5.45. The van der Waals surface area contributed by atoms with Crippen LogP contribution in [0.25, 0.3) is 133 Å². The van der Waals surface area contributed by atoms with Crippen molar-refractivity contribution in [3.8, 4) is 79.3 Å². The average Bonchev–Trinajstić information content (AvgIpc) is 3.42. The van der Waals surface area contributed by atoms with E-state index in [1.807, 2.05) is 72.8 Å². The lowest BCUT2D eigenvalue weighted by molar-refractivity contribution is 1.08. The number of pyridine rings is 1. The summed E-state index contributed by atoms with van der Waals surface area (Å²) >= 11 is 0. The SMILES string of the molecule is c1ccc(-c2cc(-c3ccc(-c4ccc(-c5nc(-c6ccccc6)nc(-c6ccccc6)n5)c5ccccc45)c4ccccc34)nc(-c3nc4ccccc4c4c3ccc3ccccc34)n2)cc1. The molecule has 0 N–H and O–H groups in total. The van der Waals surface area contributed by atoms with Crippen LogP contribution in [0.3, 0.4) is 0 Å². The summed E-state index contributed by atoms with van der Waals surface area (Å²) in [7, 11) is 0. The van der Waals surface area contributed by atoms with Crippen molar-refractivity contribution < 1.29 is 0 Å². The molecular weight excluding hydrogens is 829 g/mol. The standard InChI is InChI=1S/C62H38N6/c1-4-19-40(20-5-1)55-38-56(65-62(64-55)58-53-33-32-39-18-10-11-25-43(39)57(53)52-30-16-17-31-54(52)63-58)50-36-34-48(44-26-12-14-28-46(44)50)49-35-37-51(47-29-15-13-27-45(47)49)61-67-59(41-21-6-2-7-22-41)66-60(68-61)42-23-8-3-9-24-42/h1-38H. The zero-order valence-corrected chi connectivity index (χ0v) is 36.6. The van der Waals surface area contributed by atoms with Gasteiger partial charge in [0, 0.05) is 44.0 Å². The molecule has 6 heteroatoms. The van der Waals surface area contributed by atoms with Gasteiger partial charge in [-0.15, -0.1) is 0 Å². The molecule has 0 saturated carbocycles.